The van der Waals surface area contributed by atoms with Crippen molar-refractivity contribution in [2.45, 2.75) is 50.1 Å². The number of ether oxygens (including phenoxy) is 1. The zero-order valence-corrected chi connectivity index (χ0v) is 15.6. The first kappa shape index (κ1) is 18.8. The third kappa shape index (κ3) is 3.75. The van der Waals surface area contributed by atoms with Gasteiger partial charge in [0, 0.05) is 11.9 Å². The topological polar surface area (TPSA) is 107 Å². The van der Waals surface area contributed by atoms with E-state index in [9.17, 15) is 15.3 Å². The van der Waals surface area contributed by atoms with Crippen molar-refractivity contribution in [3.8, 4) is 0 Å². The summed E-state index contributed by atoms with van der Waals surface area (Å²) >= 11 is 6.10. The third-order valence-corrected chi connectivity index (χ3v) is 5.75. The van der Waals surface area contributed by atoms with Gasteiger partial charge < -0.3 is 20.3 Å². The smallest absolute Gasteiger partial charge is 0.224 e. The molecule has 4 atom stereocenters. The van der Waals surface area contributed by atoms with Gasteiger partial charge in [0.2, 0.25) is 5.28 Å². The highest BCUT2D eigenvalue weighted by Crippen LogP contribution is 2.35. The van der Waals surface area contributed by atoms with Gasteiger partial charge >= 0.3 is 0 Å². The molecule has 1 saturated heterocycles. The van der Waals surface area contributed by atoms with E-state index in [1.165, 1.54) is 25.7 Å². The lowest BCUT2D eigenvalue weighted by molar-refractivity contribution is -0.0398. The molecule has 145 valence electrons. The molecule has 1 aliphatic carbocycles. The number of nitrogens with one attached hydrogen (secondary N) is 1. The van der Waals surface area contributed by atoms with Gasteiger partial charge in [-0.25, -0.2) is 15.1 Å². The molecule has 2 aromatic rings. The van der Waals surface area contributed by atoms with Crippen molar-refractivity contribution in [3.05, 3.63) is 29.0 Å². The summed E-state index contributed by atoms with van der Waals surface area (Å²) in [6.07, 6.45) is 0.980. The number of anilines is 1. The Kier molecular flexibility index (Phi) is 5.48. The molecule has 1 aliphatic heterocycles. The Bertz CT molecular complexity index is 815. The molecule has 1 radical (unpaired) electrons. The van der Waals surface area contributed by atoms with Crippen LogP contribution < -0.4 is 5.32 Å². The summed E-state index contributed by atoms with van der Waals surface area (Å²) < 4.78 is 5.54. The number of halogens is 1. The Morgan fingerprint density at radius 3 is 2.67 bits per heavy atom. The highest BCUT2D eigenvalue weighted by molar-refractivity contribution is 6.28. The van der Waals surface area contributed by atoms with Crippen LogP contribution in [0.1, 0.15) is 37.4 Å². The molecule has 27 heavy (non-hydrogen) atoms. The standard InChI is InChI=1S/C19H23ClN3O4/c20-19-22-13-7-11(17-16(26)15(25)14(9-24)27-17)5-6-12(13)18(23-19)21-8-10-3-1-2-4-10/h5-7,10,14-17,25-26H,1-4,8-9H2,(H,21,22,23)/t14-,15-,16-,17+/m1/s1. The minimum absolute atomic E-state index is 0.138. The molecule has 3 N–H and O–H groups in total. The van der Waals surface area contributed by atoms with Gasteiger partial charge in [0.15, 0.2) is 0 Å². The van der Waals surface area contributed by atoms with Crippen molar-refractivity contribution < 1.29 is 20.1 Å². The molecular formula is C19H23ClN3O4. The first-order valence-electron chi connectivity index (χ1n) is 9.37. The lowest BCUT2D eigenvalue weighted by Crippen LogP contribution is -2.32. The summed E-state index contributed by atoms with van der Waals surface area (Å²) in [6.45, 7) is 0.248. The second-order valence-electron chi connectivity index (χ2n) is 7.39. The van der Waals surface area contributed by atoms with Crippen molar-refractivity contribution in [2.75, 3.05) is 18.5 Å². The van der Waals surface area contributed by atoms with Gasteiger partial charge in [-0.05, 0) is 48.1 Å². The van der Waals surface area contributed by atoms with Crippen LogP contribution in [0, 0.1) is 5.92 Å². The lowest BCUT2D eigenvalue weighted by atomic mass is 10.0. The lowest BCUT2D eigenvalue weighted by Gasteiger charge is -2.17. The minimum Gasteiger partial charge on any atom is -0.387 e. The molecule has 2 fully saturated rings. The Hall–Kier alpha value is -1.51. The fraction of sp³-hybridized carbons (Fsp3) is 0.579. The molecule has 2 heterocycles. The fourth-order valence-electron chi connectivity index (χ4n) is 4.05. The zero-order chi connectivity index (χ0) is 19.0. The number of fused-ring (bicyclic) bond motifs is 1. The van der Waals surface area contributed by atoms with E-state index < -0.39 is 31.0 Å². The van der Waals surface area contributed by atoms with Gasteiger partial charge in [0.05, 0.1) is 5.52 Å². The molecule has 8 heteroatoms. The largest absolute Gasteiger partial charge is 0.387 e. The van der Waals surface area contributed by atoms with E-state index in [1.807, 2.05) is 6.07 Å². The van der Waals surface area contributed by atoms with E-state index in [0.717, 1.165) is 11.9 Å². The van der Waals surface area contributed by atoms with Gasteiger partial charge in [0.1, 0.15) is 36.8 Å². The highest BCUT2D eigenvalue weighted by atomic mass is 35.5. The Morgan fingerprint density at radius 2 is 1.96 bits per heavy atom. The van der Waals surface area contributed by atoms with Gasteiger partial charge in [-0.1, -0.05) is 18.9 Å². The highest BCUT2D eigenvalue weighted by Gasteiger charge is 2.43. The summed E-state index contributed by atoms with van der Waals surface area (Å²) in [5, 5.41) is 35.6. The molecule has 0 unspecified atom stereocenters. The summed E-state index contributed by atoms with van der Waals surface area (Å²) in [6, 6.07) is 5.41. The van der Waals surface area contributed by atoms with E-state index in [0.29, 0.717) is 22.8 Å². The van der Waals surface area contributed by atoms with E-state index in [2.05, 4.69) is 15.3 Å². The van der Waals surface area contributed by atoms with Crippen LogP contribution in [0.5, 0.6) is 0 Å². The summed E-state index contributed by atoms with van der Waals surface area (Å²) in [5.74, 6) is 1.34. The van der Waals surface area contributed by atoms with Crippen molar-refractivity contribution >= 4 is 28.3 Å². The number of benzene rings is 1. The van der Waals surface area contributed by atoms with E-state index in [-0.39, 0.29) is 5.28 Å². The summed E-state index contributed by atoms with van der Waals surface area (Å²) in [7, 11) is 0. The predicted octanol–water partition coefficient (Wildman–Crippen LogP) is 2.48. The number of hydrogen-bond acceptors (Lipinski definition) is 6. The van der Waals surface area contributed by atoms with Crippen molar-refractivity contribution in [1.29, 1.82) is 0 Å². The van der Waals surface area contributed by atoms with Crippen LogP contribution in [0.3, 0.4) is 0 Å². The van der Waals surface area contributed by atoms with Crippen LogP contribution in [0.15, 0.2) is 18.2 Å². The molecule has 1 aromatic carbocycles. The maximum absolute atomic E-state index is 11.1. The fourth-order valence-corrected chi connectivity index (χ4v) is 4.22. The van der Waals surface area contributed by atoms with Gasteiger partial charge in [-0.3, -0.25) is 0 Å². The van der Waals surface area contributed by atoms with E-state index in [1.54, 1.807) is 12.1 Å². The molecule has 0 amide bonds. The summed E-state index contributed by atoms with van der Waals surface area (Å²) in [4.78, 5) is 8.61. The zero-order valence-electron chi connectivity index (χ0n) is 14.8. The Labute approximate surface area is 162 Å². The Balaban J connectivity index is 1.60. The number of aliphatic hydroxyl groups excluding tert-OH is 2. The molecule has 4 rings (SSSR count). The molecule has 1 aromatic heterocycles. The first-order valence-corrected chi connectivity index (χ1v) is 9.75. The van der Waals surface area contributed by atoms with Crippen molar-refractivity contribution in [3.63, 3.8) is 0 Å². The average Bonchev–Trinajstić information content (AvgIpc) is 3.28. The SMILES string of the molecule is [O]C[C@H]1O[C@@H](c2ccc3c(NCC4CCCC4)nc(Cl)nc3c2)[C@H](O)[C@@H]1O. The number of rotatable bonds is 5. The minimum atomic E-state index is -1.19. The quantitative estimate of drug-likeness (QED) is 0.675. The third-order valence-electron chi connectivity index (χ3n) is 5.58. The molecule has 0 bridgehead atoms. The van der Waals surface area contributed by atoms with Crippen LogP contribution in [0.25, 0.3) is 10.9 Å². The van der Waals surface area contributed by atoms with Crippen LogP contribution in [0.2, 0.25) is 5.28 Å². The van der Waals surface area contributed by atoms with Crippen LogP contribution >= 0.6 is 11.6 Å². The van der Waals surface area contributed by atoms with E-state index >= 15 is 0 Å². The van der Waals surface area contributed by atoms with Crippen molar-refractivity contribution in [2.24, 2.45) is 5.92 Å². The maximum atomic E-state index is 11.1. The number of hydrogen-bond donors (Lipinski definition) is 3. The molecule has 1 saturated carbocycles. The molecular weight excluding hydrogens is 370 g/mol. The monoisotopic (exact) mass is 392 g/mol. The van der Waals surface area contributed by atoms with E-state index in [4.69, 9.17) is 16.3 Å². The molecule has 7 nitrogen and oxygen atoms in total. The van der Waals surface area contributed by atoms with Gasteiger partial charge in [-0.2, -0.15) is 0 Å². The summed E-state index contributed by atoms with van der Waals surface area (Å²) in [5.41, 5.74) is 1.26. The maximum Gasteiger partial charge on any atom is 0.224 e. The van der Waals surface area contributed by atoms with Gasteiger partial charge in [-0.15, -0.1) is 0 Å². The normalized spacial score (nSPS) is 28.9. The van der Waals surface area contributed by atoms with Crippen molar-refractivity contribution in [1.82, 2.24) is 9.97 Å². The Morgan fingerprint density at radius 1 is 1.19 bits per heavy atom. The second kappa shape index (κ2) is 7.85. The first-order chi connectivity index (χ1) is 13.1. The number of nitrogens with zero attached hydrogens (tertiary/aromatic N) is 2. The van der Waals surface area contributed by atoms with Crippen LogP contribution in [-0.4, -0.2) is 51.6 Å². The average molecular weight is 393 g/mol. The number of aromatic nitrogens is 2. The molecule has 0 spiro atoms. The van der Waals surface area contributed by atoms with Crippen LogP contribution in [-0.2, 0) is 9.84 Å². The van der Waals surface area contributed by atoms with Crippen LogP contribution in [0.4, 0.5) is 5.82 Å². The molecule has 2 aliphatic rings. The predicted molar refractivity (Wildman–Crippen MR) is 100 cm³/mol. The number of aliphatic hydroxyl groups is 2. The van der Waals surface area contributed by atoms with Gasteiger partial charge in [0.25, 0.3) is 0 Å². The second-order valence-corrected chi connectivity index (χ2v) is 7.73.